The van der Waals surface area contributed by atoms with Crippen molar-refractivity contribution < 1.29 is 9.18 Å². The third-order valence-electron chi connectivity index (χ3n) is 3.52. The van der Waals surface area contributed by atoms with Crippen LogP contribution in [0.2, 0.25) is 0 Å². The predicted molar refractivity (Wildman–Crippen MR) is 81.0 cm³/mol. The Kier molecular flexibility index (Phi) is 3.26. The molecule has 21 heavy (non-hydrogen) atoms. The van der Waals surface area contributed by atoms with E-state index in [-0.39, 0.29) is 11.6 Å². The zero-order chi connectivity index (χ0) is 15.0. The van der Waals surface area contributed by atoms with Crippen molar-refractivity contribution in [2.75, 3.05) is 0 Å². The Morgan fingerprint density at radius 3 is 2.57 bits per heavy atom. The van der Waals surface area contributed by atoms with Gasteiger partial charge in [0.1, 0.15) is 5.82 Å². The molecule has 2 nitrogen and oxygen atoms in total. The summed E-state index contributed by atoms with van der Waals surface area (Å²) in [6, 6.07) is 13.8. The van der Waals surface area contributed by atoms with Gasteiger partial charge in [0, 0.05) is 22.2 Å². The monoisotopic (exact) mass is 279 g/mol. The van der Waals surface area contributed by atoms with Crippen LogP contribution in [0.4, 0.5) is 4.39 Å². The van der Waals surface area contributed by atoms with E-state index in [1.54, 1.807) is 25.1 Å². The number of carbonyl (C=O) groups is 1. The molecule has 0 saturated heterocycles. The van der Waals surface area contributed by atoms with Gasteiger partial charge in [0.2, 0.25) is 0 Å². The van der Waals surface area contributed by atoms with Crippen molar-refractivity contribution in [3.63, 3.8) is 0 Å². The van der Waals surface area contributed by atoms with Crippen molar-refractivity contribution in [3.8, 4) is 0 Å². The Morgan fingerprint density at radius 1 is 1.05 bits per heavy atom. The van der Waals surface area contributed by atoms with E-state index in [2.05, 4.69) is 4.98 Å². The Bertz CT molecular complexity index is 855. The highest BCUT2D eigenvalue weighted by atomic mass is 19.1. The number of carbonyl (C=O) groups excluding carboxylic acids is 1. The van der Waals surface area contributed by atoms with E-state index in [0.717, 1.165) is 16.6 Å². The predicted octanol–water partition coefficient (Wildman–Crippen LogP) is 4.22. The molecule has 0 N–H and O–H groups in total. The van der Waals surface area contributed by atoms with Crippen molar-refractivity contribution in [1.29, 1.82) is 0 Å². The Hall–Kier alpha value is -2.55. The molecule has 0 fully saturated rings. The zero-order valence-electron chi connectivity index (χ0n) is 11.9. The lowest BCUT2D eigenvalue weighted by Gasteiger charge is -2.08. The average Bonchev–Trinajstić information content (AvgIpc) is 2.48. The minimum absolute atomic E-state index is 0.185. The van der Waals surface area contributed by atoms with Crippen molar-refractivity contribution in [2.24, 2.45) is 0 Å². The lowest BCUT2D eigenvalue weighted by molar-refractivity contribution is 0.103. The highest BCUT2D eigenvalue weighted by Crippen LogP contribution is 2.22. The second kappa shape index (κ2) is 5.09. The van der Waals surface area contributed by atoms with Crippen LogP contribution in [0.1, 0.15) is 27.2 Å². The topological polar surface area (TPSA) is 30.0 Å². The van der Waals surface area contributed by atoms with Crippen molar-refractivity contribution in [2.45, 2.75) is 13.8 Å². The number of benzene rings is 2. The number of fused-ring (bicyclic) bond motifs is 1. The van der Waals surface area contributed by atoms with Gasteiger partial charge in [-0.25, -0.2) is 4.39 Å². The molecular formula is C18H14FNO. The van der Waals surface area contributed by atoms with Gasteiger partial charge in [0.15, 0.2) is 5.78 Å². The average molecular weight is 279 g/mol. The lowest BCUT2D eigenvalue weighted by Crippen LogP contribution is -2.05. The first-order valence-electron chi connectivity index (χ1n) is 6.73. The molecule has 1 heterocycles. The fourth-order valence-corrected chi connectivity index (χ4v) is 2.39. The van der Waals surface area contributed by atoms with Crippen LogP contribution in [0.5, 0.6) is 0 Å². The molecule has 0 saturated carbocycles. The molecule has 0 unspecified atom stereocenters. The molecule has 0 aliphatic heterocycles. The Labute approximate surface area is 122 Å². The fraction of sp³-hybridized carbons (Fsp3) is 0.111. The SMILES string of the molecule is Cc1cc(C(=O)c2ccc(C)c(F)c2)c2ccccc2n1. The van der Waals surface area contributed by atoms with Gasteiger partial charge >= 0.3 is 0 Å². The first-order chi connectivity index (χ1) is 10.1. The summed E-state index contributed by atoms with van der Waals surface area (Å²) in [7, 11) is 0. The minimum Gasteiger partial charge on any atom is -0.289 e. The minimum atomic E-state index is -0.365. The van der Waals surface area contributed by atoms with E-state index in [0.29, 0.717) is 16.7 Å². The number of pyridine rings is 1. The van der Waals surface area contributed by atoms with E-state index in [1.165, 1.54) is 6.07 Å². The smallest absolute Gasteiger partial charge is 0.193 e. The van der Waals surface area contributed by atoms with Gasteiger partial charge in [-0.3, -0.25) is 9.78 Å². The number of nitrogens with zero attached hydrogens (tertiary/aromatic N) is 1. The number of halogens is 1. The third-order valence-corrected chi connectivity index (χ3v) is 3.52. The molecule has 0 bridgehead atoms. The molecule has 3 heteroatoms. The van der Waals surface area contributed by atoms with Crippen LogP contribution >= 0.6 is 0 Å². The summed E-state index contributed by atoms with van der Waals surface area (Å²) in [5.74, 6) is -0.550. The molecule has 0 radical (unpaired) electrons. The van der Waals surface area contributed by atoms with Gasteiger partial charge in [-0.15, -0.1) is 0 Å². The van der Waals surface area contributed by atoms with Crippen LogP contribution in [-0.4, -0.2) is 10.8 Å². The van der Waals surface area contributed by atoms with E-state index in [4.69, 9.17) is 0 Å². The number of aromatic nitrogens is 1. The van der Waals surface area contributed by atoms with E-state index in [9.17, 15) is 9.18 Å². The van der Waals surface area contributed by atoms with Gasteiger partial charge in [0.25, 0.3) is 0 Å². The van der Waals surface area contributed by atoms with Gasteiger partial charge in [-0.05, 0) is 37.6 Å². The molecule has 104 valence electrons. The molecule has 0 spiro atoms. The van der Waals surface area contributed by atoms with Crippen LogP contribution in [-0.2, 0) is 0 Å². The van der Waals surface area contributed by atoms with E-state index < -0.39 is 0 Å². The Balaban J connectivity index is 2.19. The quantitative estimate of drug-likeness (QED) is 0.657. The number of hydrogen-bond acceptors (Lipinski definition) is 2. The highest BCUT2D eigenvalue weighted by molar-refractivity contribution is 6.16. The molecule has 0 atom stereocenters. The standard InChI is InChI=1S/C18H14FNO/c1-11-7-8-13(10-16(11)19)18(21)15-9-12(2)20-17-6-4-3-5-14(15)17/h3-10H,1-2H3. The second-order valence-electron chi connectivity index (χ2n) is 5.12. The van der Waals surface area contributed by atoms with Gasteiger partial charge in [-0.1, -0.05) is 30.3 Å². The van der Waals surface area contributed by atoms with Crippen LogP contribution in [0.25, 0.3) is 10.9 Å². The normalized spacial score (nSPS) is 10.8. The maximum absolute atomic E-state index is 13.7. The largest absolute Gasteiger partial charge is 0.289 e. The molecule has 0 aliphatic rings. The molecular weight excluding hydrogens is 265 g/mol. The molecule has 0 amide bonds. The van der Waals surface area contributed by atoms with Crippen LogP contribution in [0.3, 0.4) is 0 Å². The zero-order valence-corrected chi connectivity index (χ0v) is 11.9. The molecule has 2 aromatic carbocycles. The van der Waals surface area contributed by atoms with Crippen molar-refractivity contribution in [3.05, 3.63) is 76.7 Å². The van der Waals surface area contributed by atoms with E-state index >= 15 is 0 Å². The van der Waals surface area contributed by atoms with Gasteiger partial charge in [-0.2, -0.15) is 0 Å². The lowest BCUT2D eigenvalue weighted by atomic mass is 9.98. The number of rotatable bonds is 2. The third kappa shape index (κ3) is 2.42. The second-order valence-corrected chi connectivity index (χ2v) is 5.12. The molecule has 3 rings (SSSR count). The van der Waals surface area contributed by atoms with Crippen molar-refractivity contribution in [1.82, 2.24) is 4.98 Å². The number of ketones is 1. The Morgan fingerprint density at radius 2 is 1.81 bits per heavy atom. The summed E-state index contributed by atoms with van der Waals surface area (Å²) in [6.45, 7) is 3.52. The van der Waals surface area contributed by atoms with Crippen LogP contribution in [0.15, 0.2) is 48.5 Å². The van der Waals surface area contributed by atoms with Gasteiger partial charge < -0.3 is 0 Å². The summed E-state index contributed by atoms with van der Waals surface area (Å²) in [4.78, 5) is 17.1. The maximum atomic E-state index is 13.7. The first-order valence-corrected chi connectivity index (χ1v) is 6.73. The number of para-hydroxylation sites is 1. The first kappa shape index (κ1) is 13.4. The van der Waals surface area contributed by atoms with Gasteiger partial charge in [0.05, 0.1) is 5.52 Å². The number of hydrogen-bond donors (Lipinski definition) is 0. The molecule has 0 aliphatic carbocycles. The highest BCUT2D eigenvalue weighted by Gasteiger charge is 2.15. The van der Waals surface area contributed by atoms with Crippen LogP contribution < -0.4 is 0 Å². The van der Waals surface area contributed by atoms with E-state index in [1.807, 2.05) is 31.2 Å². The summed E-state index contributed by atoms with van der Waals surface area (Å²) in [6.07, 6.45) is 0. The molecule has 1 aromatic heterocycles. The fourth-order valence-electron chi connectivity index (χ4n) is 2.39. The molecule has 3 aromatic rings. The summed E-state index contributed by atoms with van der Waals surface area (Å²) >= 11 is 0. The number of aryl methyl sites for hydroxylation is 2. The summed E-state index contributed by atoms with van der Waals surface area (Å²) < 4.78 is 13.7. The van der Waals surface area contributed by atoms with Crippen LogP contribution in [0, 0.1) is 19.7 Å². The summed E-state index contributed by atoms with van der Waals surface area (Å²) in [5.41, 5.74) is 2.98. The van der Waals surface area contributed by atoms with Crippen molar-refractivity contribution >= 4 is 16.7 Å². The maximum Gasteiger partial charge on any atom is 0.193 e. The summed E-state index contributed by atoms with van der Waals surface area (Å²) in [5, 5.41) is 0.786.